The fraction of sp³-hybridized carbons (Fsp3) is 0.350. The molecule has 1 fully saturated rings. The van der Waals surface area contributed by atoms with E-state index in [1.54, 1.807) is 24.3 Å². The highest BCUT2D eigenvalue weighted by molar-refractivity contribution is 7.89. The average molecular weight is 486 g/mol. The molecule has 0 aliphatic carbocycles. The Morgan fingerprint density at radius 3 is 2.23 bits per heavy atom. The smallest absolute Gasteiger partial charge is 0.251 e. The van der Waals surface area contributed by atoms with Crippen LogP contribution >= 0.6 is 11.6 Å². The van der Waals surface area contributed by atoms with Crippen LogP contribution in [0.5, 0.6) is 0 Å². The van der Waals surface area contributed by atoms with Gasteiger partial charge in [0.1, 0.15) is 4.90 Å². The third-order valence-electron chi connectivity index (χ3n) is 5.20. The number of nitrogens with one attached hydrogen (secondary N) is 2. The van der Waals surface area contributed by atoms with Gasteiger partial charge in [-0.05, 0) is 57.1 Å². The summed E-state index contributed by atoms with van der Waals surface area (Å²) >= 11 is 5.96. The molecule has 1 aliphatic rings. The number of carbonyl (C=O) groups excluding carboxylic acids is 1. The summed E-state index contributed by atoms with van der Waals surface area (Å²) in [5.41, 5.74) is 1.14. The Morgan fingerprint density at radius 1 is 1.03 bits per heavy atom. The molecule has 0 spiro atoms. The van der Waals surface area contributed by atoms with Crippen LogP contribution in [0.15, 0.2) is 52.3 Å². The number of benzene rings is 2. The van der Waals surface area contributed by atoms with Gasteiger partial charge in [-0.1, -0.05) is 29.3 Å². The van der Waals surface area contributed by atoms with Crippen molar-refractivity contribution < 1.29 is 21.6 Å². The molecule has 168 valence electrons. The molecule has 2 aromatic rings. The standard InChI is InChI=1S/C20H24ClN3O5S2/c1-14-3-6-17(7-4-14)31(28,29)24-11-9-16(10-12-24)23-20(25)15-5-8-18(21)19(13-15)30(26,27)22-2/h3-8,13,16,22H,9-12H2,1-2H3,(H,23,25). The zero-order chi connectivity index (χ0) is 22.8. The number of sulfonamides is 2. The number of piperidine rings is 1. The molecule has 1 amide bonds. The molecule has 0 radical (unpaired) electrons. The van der Waals surface area contributed by atoms with Crippen molar-refractivity contribution in [2.24, 2.45) is 0 Å². The molecule has 11 heteroatoms. The molecule has 3 rings (SSSR count). The Kier molecular flexibility index (Phi) is 7.07. The Bertz CT molecular complexity index is 1170. The van der Waals surface area contributed by atoms with Crippen molar-refractivity contribution >= 4 is 37.6 Å². The maximum absolute atomic E-state index is 12.8. The van der Waals surface area contributed by atoms with Gasteiger partial charge in [-0.15, -0.1) is 0 Å². The first-order valence-corrected chi connectivity index (χ1v) is 13.0. The van der Waals surface area contributed by atoms with Crippen LogP contribution in [0, 0.1) is 6.92 Å². The summed E-state index contributed by atoms with van der Waals surface area (Å²) in [5, 5.41) is 2.87. The highest BCUT2D eigenvalue weighted by atomic mass is 35.5. The Morgan fingerprint density at radius 2 is 1.65 bits per heavy atom. The van der Waals surface area contributed by atoms with Crippen LogP contribution in [0.25, 0.3) is 0 Å². The van der Waals surface area contributed by atoms with E-state index >= 15 is 0 Å². The largest absolute Gasteiger partial charge is 0.349 e. The topological polar surface area (TPSA) is 113 Å². The van der Waals surface area contributed by atoms with Gasteiger partial charge in [0.15, 0.2) is 0 Å². The summed E-state index contributed by atoms with van der Waals surface area (Å²) in [6, 6.07) is 10.5. The summed E-state index contributed by atoms with van der Waals surface area (Å²) in [7, 11) is -6.13. The van der Waals surface area contributed by atoms with Crippen LogP contribution in [0.3, 0.4) is 0 Å². The SMILES string of the molecule is CNS(=O)(=O)c1cc(C(=O)NC2CCN(S(=O)(=O)c3ccc(C)cc3)CC2)ccc1Cl. The Balaban J connectivity index is 1.65. The monoisotopic (exact) mass is 485 g/mol. The molecule has 2 N–H and O–H groups in total. The first-order chi connectivity index (χ1) is 14.5. The maximum Gasteiger partial charge on any atom is 0.251 e. The Hall–Kier alpha value is -1.98. The van der Waals surface area contributed by atoms with Gasteiger partial charge in [-0.25, -0.2) is 21.6 Å². The van der Waals surface area contributed by atoms with E-state index in [9.17, 15) is 21.6 Å². The lowest BCUT2D eigenvalue weighted by molar-refractivity contribution is 0.0923. The average Bonchev–Trinajstić information content (AvgIpc) is 2.74. The molecule has 1 heterocycles. The Labute approximate surface area is 187 Å². The lowest BCUT2D eigenvalue weighted by atomic mass is 10.1. The summed E-state index contributed by atoms with van der Waals surface area (Å²) < 4.78 is 53.3. The van der Waals surface area contributed by atoms with Gasteiger partial charge in [-0.2, -0.15) is 4.31 Å². The van der Waals surface area contributed by atoms with Gasteiger partial charge in [0.2, 0.25) is 20.0 Å². The molecule has 31 heavy (non-hydrogen) atoms. The van der Waals surface area contributed by atoms with Gasteiger partial charge >= 0.3 is 0 Å². The fourth-order valence-corrected chi connectivity index (χ4v) is 6.05. The minimum Gasteiger partial charge on any atom is -0.349 e. The number of nitrogens with zero attached hydrogens (tertiary/aromatic N) is 1. The number of carbonyl (C=O) groups is 1. The van der Waals surface area contributed by atoms with Crippen molar-refractivity contribution in [2.75, 3.05) is 20.1 Å². The van der Waals surface area contributed by atoms with Gasteiger partial charge in [0.05, 0.1) is 9.92 Å². The third kappa shape index (κ3) is 5.27. The molecular weight excluding hydrogens is 462 g/mol. The van der Waals surface area contributed by atoms with E-state index < -0.39 is 26.0 Å². The predicted molar refractivity (Wildman–Crippen MR) is 118 cm³/mol. The minimum absolute atomic E-state index is 0.0144. The molecule has 1 aliphatic heterocycles. The number of halogens is 1. The molecule has 0 aromatic heterocycles. The van der Waals surface area contributed by atoms with Crippen molar-refractivity contribution in [3.63, 3.8) is 0 Å². The van der Waals surface area contributed by atoms with E-state index in [2.05, 4.69) is 10.0 Å². The second-order valence-electron chi connectivity index (χ2n) is 7.32. The van der Waals surface area contributed by atoms with Crippen molar-refractivity contribution in [1.82, 2.24) is 14.3 Å². The first kappa shape index (κ1) is 23.7. The molecular formula is C20H24ClN3O5S2. The second kappa shape index (κ2) is 9.25. The number of hydrogen-bond acceptors (Lipinski definition) is 5. The van der Waals surface area contributed by atoms with E-state index in [0.717, 1.165) is 5.56 Å². The number of rotatable bonds is 6. The zero-order valence-corrected chi connectivity index (χ0v) is 19.5. The van der Waals surface area contributed by atoms with Crippen molar-refractivity contribution in [1.29, 1.82) is 0 Å². The third-order valence-corrected chi connectivity index (χ3v) is 9.01. The van der Waals surface area contributed by atoms with Gasteiger partial charge in [0, 0.05) is 24.7 Å². The van der Waals surface area contributed by atoms with Crippen LogP contribution in [0.2, 0.25) is 5.02 Å². The highest BCUT2D eigenvalue weighted by Gasteiger charge is 2.30. The highest BCUT2D eigenvalue weighted by Crippen LogP contribution is 2.24. The summed E-state index contributed by atoms with van der Waals surface area (Å²) in [4.78, 5) is 12.7. The maximum atomic E-state index is 12.8. The molecule has 0 unspecified atom stereocenters. The second-order valence-corrected chi connectivity index (χ2v) is 11.5. The van der Waals surface area contributed by atoms with Crippen molar-refractivity contribution in [3.8, 4) is 0 Å². The van der Waals surface area contributed by atoms with Crippen LogP contribution in [0.1, 0.15) is 28.8 Å². The van der Waals surface area contributed by atoms with E-state index in [0.29, 0.717) is 12.8 Å². The van der Waals surface area contributed by atoms with Crippen LogP contribution in [-0.4, -0.2) is 53.2 Å². The van der Waals surface area contributed by atoms with E-state index in [1.807, 2.05) is 6.92 Å². The van der Waals surface area contributed by atoms with Crippen molar-refractivity contribution in [3.05, 3.63) is 58.6 Å². The summed E-state index contributed by atoms with van der Waals surface area (Å²) in [5.74, 6) is -0.441. The predicted octanol–water partition coefficient (Wildman–Crippen LogP) is 2.14. The molecule has 0 atom stereocenters. The first-order valence-electron chi connectivity index (χ1n) is 9.65. The molecule has 0 bridgehead atoms. The molecule has 8 nitrogen and oxygen atoms in total. The van der Waals surface area contributed by atoms with Crippen LogP contribution in [-0.2, 0) is 20.0 Å². The molecule has 1 saturated heterocycles. The van der Waals surface area contributed by atoms with E-state index in [-0.39, 0.29) is 39.5 Å². The fourth-order valence-electron chi connectivity index (χ4n) is 3.33. The van der Waals surface area contributed by atoms with E-state index in [1.165, 1.54) is 29.6 Å². The van der Waals surface area contributed by atoms with Gasteiger partial charge < -0.3 is 5.32 Å². The lowest BCUT2D eigenvalue weighted by Crippen LogP contribution is -2.46. The number of aryl methyl sites for hydroxylation is 1. The zero-order valence-electron chi connectivity index (χ0n) is 17.1. The number of hydrogen-bond donors (Lipinski definition) is 2. The quantitative estimate of drug-likeness (QED) is 0.650. The van der Waals surface area contributed by atoms with Crippen LogP contribution in [0.4, 0.5) is 0 Å². The summed E-state index contributed by atoms with van der Waals surface area (Å²) in [6.45, 7) is 2.45. The van der Waals surface area contributed by atoms with Gasteiger partial charge in [0.25, 0.3) is 5.91 Å². The van der Waals surface area contributed by atoms with E-state index in [4.69, 9.17) is 11.6 Å². The molecule has 2 aromatic carbocycles. The number of amides is 1. The summed E-state index contributed by atoms with van der Waals surface area (Å²) in [6.07, 6.45) is 0.901. The van der Waals surface area contributed by atoms with Crippen molar-refractivity contribution in [2.45, 2.75) is 35.6 Å². The lowest BCUT2D eigenvalue weighted by Gasteiger charge is -2.31. The molecule has 0 saturated carbocycles. The normalized spacial score (nSPS) is 16.2. The van der Waals surface area contributed by atoms with Crippen LogP contribution < -0.4 is 10.0 Å². The minimum atomic E-state index is -3.81. The van der Waals surface area contributed by atoms with Gasteiger partial charge in [-0.3, -0.25) is 4.79 Å².